The van der Waals surface area contributed by atoms with Crippen LogP contribution in [0.3, 0.4) is 0 Å². The van der Waals surface area contributed by atoms with Gasteiger partial charge in [0.1, 0.15) is 11.3 Å². The number of nitrogens with zero attached hydrogens (tertiary/aromatic N) is 2. The Morgan fingerprint density at radius 2 is 1.86 bits per heavy atom. The third-order valence-corrected chi connectivity index (χ3v) is 5.21. The van der Waals surface area contributed by atoms with E-state index in [0.717, 1.165) is 40.1 Å². The lowest BCUT2D eigenvalue weighted by Crippen LogP contribution is -2.31. The smallest absolute Gasteiger partial charge is 0.253 e. The van der Waals surface area contributed by atoms with Gasteiger partial charge in [0, 0.05) is 29.9 Å². The summed E-state index contributed by atoms with van der Waals surface area (Å²) in [4.78, 5) is 24.2. The third kappa shape index (κ3) is 3.71. The molecule has 7 nitrogen and oxygen atoms in total. The van der Waals surface area contributed by atoms with Crippen molar-refractivity contribution in [1.82, 2.24) is 25.6 Å². The number of aryl methyl sites for hydroxylation is 1. The minimum absolute atomic E-state index is 0.0366. The number of amides is 1. The van der Waals surface area contributed by atoms with Gasteiger partial charge in [-0.3, -0.25) is 4.79 Å². The van der Waals surface area contributed by atoms with E-state index in [1.807, 2.05) is 31.2 Å². The molecule has 4 heterocycles. The molecule has 5 N–H and O–H groups in total. The summed E-state index contributed by atoms with van der Waals surface area (Å²) in [5.41, 5.74) is 11.6. The largest absolute Gasteiger partial charge is 0.382 e. The number of aromatic amines is 1. The molecular formula is C21H26N6O. The Hall–Kier alpha value is -2.93. The Balaban J connectivity index is 0.000000275. The fourth-order valence-corrected chi connectivity index (χ4v) is 3.64. The van der Waals surface area contributed by atoms with Crippen LogP contribution in [0.1, 0.15) is 41.0 Å². The summed E-state index contributed by atoms with van der Waals surface area (Å²) >= 11 is 0. The minimum atomic E-state index is -0.0366. The average molecular weight is 378 g/mol. The summed E-state index contributed by atoms with van der Waals surface area (Å²) in [5, 5.41) is 6.13. The van der Waals surface area contributed by atoms with Crippen LogP contribution in [-0.2, 0) is 6.42 Å². The van der Waals surface area contributed by atoms with E-state index in [1.165, 1.54) is 32.4 Å². The number of anilines is 1. The number of nitrogens with two attached hydrogens (primary N) is 1. The molecule has 146 valence electrons. The van der Waals surface area contributed by atoms with Crippen LogP contribution in [0.2, 0.25) is 0 Å². The Labute approximate surface area is 164 Å². The first-order chi connectivity index (χ1) is 13.6. The molecule has 0 aliphatic carbocycles. The average Bonchev–Trinajstić information content (AvgIpc) is 3.16. The maximum absolute atomic E-state index is 11.9. The zero-order chi connectivity index (χ0) is 19.5. The van der Waals surface area contributed by atoms with Gasteiger partial charge in [0.2, 0.25) is 0 Å². The molecule has 2 aromatic heterocycles. The predicted octanol–water partition coefficient (Wildman–Crippen LogP) is 2.56. The van der Waals surface area contributed by atoms with Crippen LogP contribution in [0.25, 0.3) is 22.3 Å². The highest BCUT2D eigenvalue weighted by atomic mass is 16.1. The molecule has 1 saturated heterocycles. The van der Waals surface area contributed by atoms with E-state index in [-0.39, 0.29) is 5.91 Å². The van der Waals surface area contributed by atoms with Gasteiger partial charge < -0.3 is 21.4 Å². The number of nitrogens with one attached hydrogen (secondary N) is 3. The molecule has 1 fully saturated rings. The van der Waals surface area contributed by atoms with Crippen LogP contribution >= 0.6 is 0 Å². The monoisotopic (exact) mass is 378 g/mol. The number of hydrogen-bond donors (Lipinski definition) is 4. The molecule has 0 spiro atoms. The van der Waals surface area contributed by atoms with Gasteiger partial charge in [-0.25, -0.2) is 9.97 Å². The van der Waals surface area contributed by atoms with E-state index in [4.69, 9.17) is 5.73 Å². The van der Waals surface area contributed by atoms with E-state index < -0.39 is 0 Å². The number of carbonyl (C=O) groups is 1. The molecule has 7 heteroatoms. The number of carbonyl (C=O) groups excluding carboxylic acids is 1. The summed E-state index contributed by atoms with van der Waals surface area (Å²) in [6, 6.07) is 7.67. The zero-order valence-corrected chi connectivity index (χ0v) is 16.1. The van der Waals surface area contributed by atoms with Gasteiger partial charge >= 0.3 is 0 Å². The van der Waals surface area contributed by atoms with Crippen molar-refractivity contribution in [3.05, 3.63) is 41.2 Å². The molecule has 0 radical (unpaired) electrons. The lowest BCUT2D eigenvalue weighted by Gasteiger charge is -2.11. The van der Waals surface area contributed by atoms with Gasteiger partial charge in [0.05, 0.1) is 16.8 Å². The van der Waals surface area contributed by atoms with Gasteiger partial charge in [-0.05, 0) is 45.0 Å². The van der Waals surface area contributed by atoms with Crippen molar-refractivity contribution in [2.75, 3.05) is 25.4 Å². The number of nitrogen functional groups attached to an aromatic ring is 1. The van der Waals surface area contributed by atoms with E-state index in [1.54, 1.807) is 0 Å². The number of fused-ring (bicyclic) bond motifs is 2. The van der Waals surface area contributed by atoms with Gasteiger partial charge in [-0.1, -0.05) is 18.6 Å². The number of benzene rings is 1. The van der Waals surface area contributed by atoms with Crippen LogP contribution in [0.5, 0.6) is 0 Å². The first-order valence-corrected chi connectivity index (χ1v) is 9.87. The molecule has 0 atom stereocenters. The Bertz CT molecular complexity index is 994. The lowest BCUT2D eigenvalue weighted by atomic mass is 10.1. The molecule has 28 heavy (non-hydrogen) atoms. The number of piperidine rings is 1. The Morgan fingerprint density at radius 3 is 2.54 bits per heavy atom. The second-order valence-corrected chi connectivity index (χ2v) is 7.26. The fraction of sp³-hybridized carbons (Fsp3) is 0.381. The Kier molecular flexibility index (Phi) is 5.25. The second kappa shape index (κ2) is 7.98. The molecule has 3 aromatic rings. The van der Waals surface area contributed by atoms with Crippen molar-refractivity contribution in [1.29, 1.82) is 0 Å². The van der Waals surface area contributed by atoms with Crippen molar-refractivity contribution in [2.24, 2.45) is 0 Å². The molecule has 1 aromatic carbocycles. The quantitative estimate of drug-likeness (QED) is 0.520. The van der Waals surface area contributed by atoms with E-state index in [0.29, 0.717) is 17.9 Å². The Morgan fingerprint density at radius 1 is 1.04 bits per heavy atom. The first kappa shape index (κ1) is 18.4. The standard InChI is InChI=1S/C16H15N5O.C5H11N/c1-8-15(17)21-14-9(3-2-4-12(14)19-8)13-7-10-11(20-13)5-6-18-16(10)22;1-2-4-6-5-3-1/h2-4,7,20H,5-6H2,1H3,(H2,17,21)(H,18,22);6H,1-5H2. The summed E-state index contributed by atoms with van der Waals surface area (Å²) in [5.74, 6) is 0.388. The number of H-pyrrole nitrogens is 1. The lowest BCUT2D eigenvalue weighted by molar-refractivity contribution is 0.0946. The SMILES string of the molecule is C1CCNCC1.Cc1nc2cccc(-c3cc4c([nH]3)CCNC4=O)c2nc1N. The van der Waals surface area contributed by atoms with Gasteiger partial charge in [-0.2, -0.15) is 0 Å². The van der Waals surface area contributed by atoms with Crippen LogP contribution in [0.4, 0.5) is 5.82 Å². The maximum atomic E-state index is 11.9. The molecule has 2 aliphatic heterocycles. The molecular weight excluding hydrogens is 352 g/mol. The highest BCUT2D eigenvalue weighted by molar-refractivity contribution is 5.99. The van der Waals surface area contributed by atoms with E-state index in [2.05, 4.69) is 25.6 Å². The number of hydrogen-bond acceptors (Lipinski definition) is 5. The highest BCUT2D eigenvalue weighted by Crippen LogP contribution is 2.29. The van der Waals surface area contributed by atoms with Crippen molar-refractivity contribution in [3.63, 3.8) is 0 Å². The van der Waals surface area contributed by atoms with Crippen molar-refractivity contribution < 1.29 is 4.79 Å². The minimum Gasteiger partial charge on any atom is -0.382 e. The summed E-state index contributed by atoms with van der Waals surface area (Å²) in [7, 11) is 0. The predicted molar refractivity (Wildman–Crippen MR) is 111 cm³/mol. The van der Waals surface area contributed by atoms with Gasteiger partial charge in [0.15, 0.2) is 0 Å². The van der Waals surface area contributed by atoms with Gasteiger partial charge in [-0.15, -0.1) is 0 Å². The van der Waals surface area contributed by atoms with E-state index in [9.17, 15) is 4.79 Å². The zero-order valence-electron chi connectivity index (χ0n) is 16.1. The normalized spacial score (nSPS) is 16.1. The molecule has 0 bridgehead atoms. The maximum Gasteiger partial charge on any atom is 0.253 e. The molecule has 0 saturated carbocycles. The van der Waals surface area contributed by atoms with Crippen LogP contribution in [0.15, 0.2) is 24.3 Å². The highest BCUT2D eigenvalue weighted by Gasteiger charge is 2.21. The number of para-hydroxylation sites is 1. The first-order valence-electron chi connectivity index (χ1n) is 9.87. The number of rotatable bonds is 1. The van der Waals surface area contributed by atoms with Crippen molar-refractivity contribution >= 4 is 22.8 Å². The van der Waals surface area contributed by atoms with Crippen LogP contribution in [0, 0.1) is 6.92 Å². The van der Waals surface area contributed by atoms with E-state index >= 15 is 0 Å². The van der Waals surface area contributed by atoms with Gasteiger partial charge in [0.25, 0.3) is 5.91 Å². The molecule has 1 amide bonds. The summed E-state index contributed by atoms with van der Waals surface area (Å²) < 4.78 is 0. The summed E-state index contributed by atoms with van der Waals surface area (Å²) in [6.07, 6.45) is 5.02. The molecule has 0 unspecified atom stereocenters. The second-order valence-electron chi connectivity index (χ2n) is 7.26. The van der Waals surface area contributed by atoms with Crippen LogP contribution < -0.4 is 16.4 Å². The van der Waals surface area contributed by atoms with Crippen molar-refractivity contribution in [3.8, 4) is 11.3 Å². The summed E-state index contributed by atoms with van der Waals surface area (Å²) in [6.45, 7) is 5.00. The third-order valence-electron chi connectivity index (χ3n) is 5.21. The topological polar surface area (TPSA) is 109 Å². The van der Waals surface area contributed by atoms with Crippen LogP contribution in [-0.4, -0.2) is 40.5 Å². The molecule has 2 aliphatic rings. The fourth-order valence-electron chi connectivity index (χ4n) is 3.64. The number of aromatic nitrogens is 3. The molecule has 5 rings (SSSR count). The van der Waals surface area contributed by atoms with Crippen molar-refractivity contribution in [2.45, 2.75) is 32.6 Å².